The summed E-state index contributed by atoms with van der Waals surface area (Å²) < 4.78 is 10.1. The summed E-state index contributed by atoms with van der Waals surface area (Å²) in [5.74, 6) is 0.0265. The SMILES string of the molecule is COC(=O)c1ccc(CN[C@@H](C(=O)Nc2cc(C)ccc2OC)c2ccccc2)cc1. The van der Waals surface area contributed by atoms with Gasteiger partial charge in [-0.1, -0.05) is 48.5 Å². The monoisotopic (exact) mass is 418 g/mol. The number of ether oxygens (including phenoxy) is 2. The van der Waals surface area contributed by atoms with E-state index in [2.05, 4.69) is 10.6 Å². The fraction of sp³-hybridized carbons (Fsp3) is 0.200. The van der Waals surface area contributed by atoms with Crippen molar-refractivity contribution in [1.82, 2.24) is 5.32 Å². The second-order valence-corrected chi connectivity index (χ2v) is 7.11. The zero-order valence-corrected chi connectivity index (χ0v) is 17.8. The van der Waals surface area contributed by atoms with Crippen molar-refractivity contribution < 1.29 is 19.1 Å². The van der Waals surface area contributed by atoms with Gasteiger partial charge >= 0.3 is 5.97 Å². The van der Waals surface area contributed by atoms with E-state index < -0.39 is 6.04 Å². The number of carbonyl (C=O) groups is 2. The van der Waals surface area contributed by atoms with Crippen LogP contribution in [0.1, 0.15) is 33.1 Å². The third-order valence-electron chi connectivity index (χ3n) is 4.89. The summed E-state index contributed by atoms with van der Waals surface area (Å²) in [5, 5.41) is 6.30. The van der Waals surface area contributed by atoms with Gasteiger partial charge < -0.3 is 14.8 Å². The molecule has 0 saturated heterocycles. The standard InChI is InChI=1S/C25H26N2O4/c1-17-9-14-22(30-2)21(15-17)27-24(28)23(19-7-5-4-6-8-19)26-16-18-10-12-20(13-11-18)25(29)31-3/h4-15,23,26H,16H2,1-3H3,(H,27,28)/t23-/m1/s1. The first kappa shape index (κ1) is 22.1. The Labute approximate surface area is 182 Å². The van der Waals surface area contributed by atoms with Gasteiger partial charge in [0.2, 0.25) is 5.91 Å². The molecule has 6 nitrogen and oxygen atoms in total. The molecule has 160 valence electrons. The first-order valence-corrected chi connectivity index (χ1v) is 9.93. The molecule has 0 spiro atoms. The molecule has 0 heterocycles. The van der Waals surface area contributed by atoms with Crippen LogP contribution in [0.5, 0.6) is 5.75 Å². The first-order chi connectivity index (χ1) is 15.0. The number of nitrogens with one attached hydrogen (secondary N) is 2. The van der Waals surface area contributed by atoms with E-state index in [9.17, 15) is 9.59 Å². The number of hydrogen-bond acceptors (Lipinski definition) is 5. The van der Waals surface area contributed by atoms with Gasteiger partial charge in [-0.2, -0.15) is 0 Å². The highest BCUT2D eigenvalue weighted by atomic mass is 16.5. The number of anilines is 1. The molecule has 1 amide bonds. The van der Waals surface area contributed by atoms with Crippen molar-refractivity contribution in [1.29, 1.82) is 0 Å². The Bertz CT molecular complexity index is 1030. The van der Waals surface area contributed by atoms with Crippen LogP contribution < -0.4 is 15.4 Å². The van der Waals surface area contributed by atoms with Gasteiger partial charge in [0.1, 0.15) is 11.8 Å². The Balaban J connectivity index is 1.78. The second-order valence-electron chi connectivity index (χ2n) is 7.11. The molecule has 2 N–H and O–H groups in total. The highest BCUT2D eigenvalue weighted by molar-refractivity contribution is 5.96. The maximum absolute atomic E-state index is 13.2. The van der Waals surface area contributed by atoms with Crippen molar-refractivity contribution in [2.75, 3.05) is 19.5 Å². The molecule has 31 heavy (non-hydrogen) atoms. The van der Waals surface area contributed by atoms with Crippen LogP contribution in [0.2, 0.25) is 0 Å². The highest BCUT2D eigenvalue weighted by Crippen LogP contribution is 2.27. The number of hydrogen-bond donors (Lipinski definition) is 2. The zero-order chi connectivity index (χ0) is 22.2. The molecule has 3 aromatic rings. The van der Waals surface area contributed by atoms with Crippen LogP contribution >= 0.6 is 0 Å². The van der Waals surface area contributed by atoms with Crippen molar-refractivity contribution in [2.24, 2.45) is 0 Å². The Morgan fingerprint density at radius 3 is 2.29 bits per heavy atom. The molecular formula is C25H26N2O4. The van der Waals surface area contributed by atoms with E-state index in [4.69, 9.17) is 9.47 Å². The van der Waals surface area contributed by atoms with Gasteiger partial charge in [-0.15, -0.1) is 0 Å². The topological polar surface area (TPSA) is 76.7 Å². The highest BCUT2D eigenvalue weighted by Gasteiger charge is 2.21. The van der Waals surface area contributed by atoms with Gasteiger partial charge in [-0.25, -0.2) is 4.79 Å². The summed E-state index contributed by atoms with van der Waals surface area (Å²) >= 11 is 0. The summed E-state index contributed by atoms with van der Waals surface area (Å²) in [6.45, 7) is 2.40. The predicted molar refractivity (Wildman–Crippen MR) is 120 cm³/mol. The minimum atomic E-state index is -0.577. The van der Waals surface area contributed by atoms with Gasteiger partial charge in [0.25, 0.3) is 0 Å². The molecule has 1 atom stereocenters. The lowest BCUT2D eigenvalue weighted by molar-refractivity contribution is -0.118. The summed E-state index contributed by atoms with van der Waals surface area (Å²) in [7, 11) is 2.93. The average Bonchev–Trinajstić information content (AvgIpc) is 2.80. The van der Waals surface area contributed by atoms with Gasteiger partial charge in [-0.3, -0.25) is 10.1 Å². The van der Waals surface area contributed by atoms with E-state index in [0.717, 1.165) is 16.7 Å². The molecule has 0 saturated carbocycles. The third-order valence-corrected chi connectivity index (χ3v) is 4.89. The van der Waals surface area contributed by atoms with E-state index >= 15 is 0 Å². The van der Waals surface area contributed by atoms with Crippen LogP contribution in [-0.4, -0.2) is 26.1 Å². The zero-order valence-electron chi connectivity index (χ0n) is 17.8. The molecule has 6 heteroatoms. The van der Waals surface area contributed by atoms with Crippen molar-refractivity contribution in [3.05, 3.63) is 95.1 Å². The normalized spacial score (nSPS) is 11.5. The summed E-state index contributed by atoms with van der Waals surface area (Å²) in [4.78, 5) is 24.8. The minimum absolute atomic E-state index is 0.193. The quantitative estimate of drug-likeness (QED) is 0.535. The average molecular weight is 418 g/mol. The van der Waals surface area contributed by atoms with Crippen molar-refractivity contribution in [3.8, 4) is 5.75 Å². The Morgan fingerprint density at radius 2 is 1.65 bits per heavy atom. The van der Waals surface area contributed by atoms with E-state index in [1.807, 2.05) is 67.6 Å². The minimum Gasteiger partial charge on any atom is -0.495 e. The van der Waals surface area contributed by atoms with Gasteiger partial charge in [0.15, 0.2) is 0 Å². The van der Waals surface area contributed by atoms with Crippen molar-refractivity contribution in [2.45, 2.75) is 19.5 Å². The van der Waals surface area contributed by atoms with Crippen LogP contribution in [0.4, 0.5) is 5.69 Å². The first-order valence-electron chi connectivity index (χ1n) is 9.93. The van der Waals surface area contributed by atoms with Crippen molar-refractivity contribution >= 4 is 17.6 Å². The van der Waals surface area contributed by atoms with E-state index in [0.29, 0.717) is 23.5 Å². The van der Waals surface area contributed by atoms with Crippen molar-refractivity contribution in [3.63, 3.8) is 0 Å². The summed E-state index contributed by atoms with van der Waals surface area (Å²) in [5.41, 5.74) is 3.91. The molecule has 0 aromatic heterocycles. The fourth-order valence-corrected chi connectivity index (χ4v) is 3.23. The lowest BCUT2D eigenvalue weighted by Gasteiger charge is -2.20. The van der Waals surface area contributed by atoms with Crippen LogP contribution in [0, 0.1) is 6.92 Å². The lowest BCUT2D eigenvalue weighted by Crippen LogP contribution is -2.32. The second kappa shape index (κ2) is 10.4. The molecule has 0 radical (unpaired) electrons. The molecule has 0 fully saturated rings. The smallest absolute Gasteiger partial charge is 0.337 e. The number of methoxy groups -OCH3 is 2. The fourth-order valence-electron chi connectivity index (χ4n) is 3.23. The van der Waals surface area contributed by atoms with Gasteiger partial charge in [0.05, 0.1) is 25.5 Å². The predicted octanol–water partition coefficient (Wildman–Crippen LogP) is 4.26. The number of esters is 1. The molecule has 3 rings (SSSR count). The maximum Gasteiger partial charge on any atom is 0.337 e. The Kier molecular flexibility index (Phi) is 7.40. The van der Waals surface area contributed by atoms with E-state index in [-0.39, 0.29) is 11.9 Å². The number of aryl methyl sites for hydroxylation is 1. The summed E-state index contributed by atoms with van der Waals surface area (Å²) in [6.07, 6.45) is 0. The number of carbonyl (C=O) groups excluding carboxylic acids is 2. The third kappa shape index (κ3) is 5.71. The number of benzene rings is 3. The van der Waals surface area contributed by atoms with E-state index in [1.54, 1.807) is 19.2 Å². The Hall–Kier alpha value is -3.64. The van der Waals surface area contributed by atoms with Crippen LogP contribution in [0.25, 0.3) is 0 Å². The molecule has 0 aliphatic rings. The molecule has 3 aromatic carbocycles. The summed E-state index contributed by atoms with van der Waals surface area (Å²) in [6, 6.07) is 21.7. The van der Waals surface area contributed by atoms with Gasteiger partial charge in [-0.05, 0) is 47.9 Å². The maximum atomic E-state index is 13.2. The van der Waals surface area contributed by atoms with Gasteiger partial charge in [0, 0.05) is 6.54 Å². The van der Waals surface area contributed by atoms with Crippen LogP contribution in [0.3, 0.4) is 0 Å². The molecule has 0 unspecified atom stereocenters. The molecule has 0 bridgehead atoms. The molecular weight excluding hydrogens is 392 g/mol. The molecule has 0 aliphatic heterocycles. The van der Waals surface area contributed by atoms with Crippen LogP contribution in [-0.2, 0) is 16.1 Å². The van der Waals surface area contributed by atoms with E-state index in [1.165, 1.54) is 7.11 Å². The number of amides is 1. The lowest BCUT2D eigenvalue weighted by atomic mass is 10.0. The molecule has 0 aliphatic carbocycles. The number of rotatable bonds is 8. The Morgan fingerprint density at radius 1 is 0.935 bits per heavy atom. The van der Waals surface area contributed by atoms with Crippen LogP contribution in [0.15, 0.2) is 72.8 Å². The largest absolute Gasteiger partial charge is 0.495 e.